The Kier molecular flexibility index (Phi) is 6.34. The number of quaternary nitrogens is 1. The molecule has 3 aliphatic rings. The van der Waals surface area contributed by atoms with Gasteiger partial charge in [0.05, 0.1) is 25.4 Å². The predicted molar refractivity (Wildman–Crippen MR) is 95.7 cm³/mol. The van der Waals surface area contributed by atoms with Gasteiger partial charge in [0.25, 0.3) is 0 Å². The van der Waals surface area contributed by atoms with Crippen molar-refractivity contribution >= 4 is 22.6 Å². The number of aliphatic hydroxyl groups excluding tert-OH is 1. The molecule has 0 aromatic heterocycles. The molecule has 0 radical (unpaired) electrons. The van der Waals surface area contributed by atoms with Gasteiger partial charge in [-0.2, -0.15) is 17.4 Å². The Balaban J connectivity index is 1.82. The third-order valence-electron chi connectivity index (χ3n) is 6.74. The zero-order valence-electron chi connectivity index (χ0n) is 16.0. The largest absolute Gasteiger partial charge is 0.403 e. The summed E-state index contributed by atoms with van der Waals surface area (Å²) in [6, 6.07) is -2.58. The van der Waals surface area contributed by atoms with Gasteiger partial charge in [-0.15, -0.1) is 0 Å². The number of piperidine rings is 1. The van der Waals surface area contributed by atoms with E-state index < -0.39 is 53.0 Å². The molecule has 0 aromatic rings. The maximum absolute atomic E-state index is 13.2. The third kappa shape index (κ3) is 4.20. The van der Waals surface area contributed by atoms with Crippen molar-refractivity contribution in [2.45, 2.75) is 56.5 Å². The van der Waals surface area contributed by atoms with Crippen LogP contribution in [0.3, 0.4) is 0 Å². The topological polar surface area (TPSA) is 87.9 Å². The lowest BCUT2D eigenvalue weighted by atomic mass is 9.70. The van der Waals surface area contributed by atoms with E-state index in [2.05, 4.69) is 5.32 Å². The Bertz CT molecular complexity index is 659. The molecule has 6 nitrogen and oxygen atoms in total. The van der Waals surface area contributed by atoms with Crippen LogP contribution in [0.1, 0.15) is 32.1 Å². The van der Waals surface area contributed by atoms with Crippen LogP contribution in [0, 0.1) is 23.7 Å². The molecule has 28 heavy (non-hydrogen) atoms. The molecule has 9 unspecified atom stereocenters. The quantitative estimate of drug-likeness (QED) is 0.524. The van der Waals surface area contributed by atoms with Gasteiger partial charge in [-0.3, -0.25) is 19.2 Å². The highest BCUT2D eigenvalue weighted by molar-refractivity contribution is 7.77. The number of carbonyl (C=O) groups is 2. The lowest BCUT2D eigenvalue weighted by Gasteiger charge is -2.40. The molecule has 3 fully saturated rings. The van der Waals surface area contributed by atoms with E-state index in [9.17, 15) is 32.1 Å². The molecule has 0 spiro atoms. The SMILES string of the molecule is C[NH+](CC1NC(C(F)(F)F)CCC1C(=O)C1C(=O)C2CCC(C2)C1O)S(C)=O. The molecule has 3 rings (SSSR count). The molecule has 160 valence electrons. The van der Waals surface area contributed by atoms with Crippen molar-refractivity contribution in [3.05, 3.63) is 0 Å². The van der Waals surface area contributed by atoms with Crippen molar-refractivity contribution in [3.8, 4) is 0 Å². The molecule has 2 bridgehead atoms. The van der Waals surface area contributed by atoms with Gasteiger partial charge in [-0.05, 0) is 38.0 Å². The Morgan fingerprint density at radius 2 is 1.96 bits per heavy atom. The van der Waals surface area contributed by atoms with Crippen LogP contribution in [0.15, 0.2) is 0 Å². The molecule has 9 atom stereocenters. The zero-order chi connectivity index (χ0) is 20.8. The summed E-state index contributed by atoms with van der Waals surface area (Å²) in [6.45, 7) is 0.0654. The lowest BCUT2D eigenvalue weighted by molar-refractivity contribution is -0.740. The maximum atomic E-state index is 13.2. The van der Waals surface area contributed by atoms with Gasteiger partial charge >= 0.3 is 6.18 Å². The first-order valence-corrected chi connectivity index (χ1v) is 11.3. The Morgan fingerprint density at radius 1 is 1.29 bits per heavy atom. The number of alkyl halides is 3. The smallest absolute Gasteiger partial charge is 0.392 e. The molecule has 0 aromatic carbocycles. The zero-order valence-corrected chi connectivity index (χ0v) is 16.8. The van der Waals surface area contributed by atoms with Gasteiger partial charge < -0.3 is 5.11 Å². The van der Waals surface area contributed by atoms with Crippen LogP contribution in [-0.2, 0) is 20.6 Å². The molecule has 3 N–H and O–H groups in total. The molecular weight excluding hydrogens is 397 g/mol. The van der Waals surface area contributed by atoms with E-state index >= 15 is 0 Å². The van der Waals surface area contributed by atoms with Crippen LogP contribution < -0.4 is 9.62 Å². The number of halogens is 3. The van der Waals surface area contributed by atoms with Gasteiger partial charge in [-0.25, -0.2) is 0 Å². The Hall–Kier alpha value is -0.840. The van der Waals surface area contributed by atoms with Crippen molar-refractivity contribution in [2.24, 2.45) is 23.7 Å². The monoisotopic (exact) mass is 425 g/mol. The Morgan fingerprint density at radius 3 is 2.57 bits per heavy atom. The second-order valence-electron chi connectivity index (χ2n) is 8.45. The van der Waals surface area contributed by atoms with Gasteiger partial charge in [0.1, 0.15) is 24.3 Å². The number of hydrogen-bond acceptors (Lipinski definition) is 5. The van der Waals surface area contributed by atoms with Crippen molar-refractivity contribution in [2.75, 3.05) is 19.8 Å². The van der Waals surface area contributed by atoms with Crippen LogP contribution in [0.2, 0.25) is 0 Å². The number of likely N-dealkylation sites (N-methyl/N-ethyl adjacent to an activating group) is 1. The van der Waals surface area contributed by atoms with E-state index in [0.717, 1.165) is 0 Å². The van der Waals surface area contributed by atoms with Gasteiger partial charge in [0.15, 0.2) is 5.78 Å². The number of aliphatic hydroxyl groups is 1. The molecule has 0 amide bonds. The minimum atomic E-state index is -4.44. The van der Waals surface area contributed by atoms with Crippen molar-refractivity contribution < 1.29 is 36.4 Å². The maximum Gasteiger partial charge on any atom is 0.403 e. The highest BCUT2D eigenvalue weighted by Gasteiger charge is 2.54. The van der Waals surface area contributed by atoms with Gasteiger partial charge in [-0.1, -0.05) is 0 Å². The highest BCUT2D eigenvalue weighted by atomic mass is 32.2. The molecule has 1 aliphatic heterocycles. The first kappa shape index (κ1) is 21.9. The number of Topliss-reactive ketones (excluding diaryl/α,β-unsaturated/α-hetero) is 2. The number of fused-ring (bicyclic) bond motifs is 2. The minimum absolute atomic E-state index is 0.00383. The standard InChI is InChI=1S/C18H27F3N2O4S/c1-23(28(2)27)8-12-11(5-6-13(22-12)18(19,20)21)17(26)14-15(24)9-3-4-10(7-9)16(14)25/h9-15,22,24H,3-8H2,1-2H3/p+1. The van der Waals surface area contributed by atoms with E-state index in [4.69, 9.17) is 0 Å². The average molecular weight is 425 g/mol. The fraction of sp³-hybridized carbons (Fsp3) is 0.889. The molecule has 1 saturated heterocycles. The molecular formula is C18H28F3N2O4S+. The van der Waals surface area contributed by atoms with E-state index in [-0.39, 0.29) is 37.0 Å². The predicted octanol–water partition coefficient (Wildman–Crippen LogP) is -0.361. The van der Waals surface area contributed by atoms with E-state index in [1.54, 1.807) is 7.05 Å². The van der Waals surface area contributed by atoms with Gasteiger partial charge in [0, 0.05) is 11.8 Å². The summed E-state index contributed by atoms with van der Waals surface area (Å²) in [6.07, 6.45) is -2.35. The van der Waals surface area contributed by atoms with Crippen LogP contribution in [0.25, 0.3) is 0 Å². The minimum Gasteiger partial charge on any atom is -0.392 e. The summed E-state index contributed by atoms with van der Waals surface area (Å²) in [5.74, 6) is -2.99. The van der Waals surface area contributed by atoms with E-state index in [0.29, 0.717) is 23.6 Å². The summed E-state index contributed by atoms with van der Waals surface area (Å²) in [5.41, 5.74) is 0. The number of ketones is 2. The number of carbonyl (C=O) groups excluding carboxylic acids is 2. The van der Waals surface area contributed by atoms with Crippen LogP contribution in [0.4, 0.5) is 13.2 Å². The number of hydrogen-bond donors (Lipinski definition) is 3. The molecule has 1 heterocycles. The normalized spacial score (nSPS) is 40.9. The van der Waals surface area contributed by atoms with Crippen molar-refractivity contribution in [1.82, 2.24) is 5.32 Å². The molecule has 10 heteroatoms. The van der Waals surface area contributed by atoms with Gasteiger partial charge in [0.2, 0.25) is 11.0 Å². The number of rotatable bonds is 5. The van der Waals surface area contributed by atoms with E-state index in [1.807, 2.05) is 0 Å². The van der Waals surface area contributed by atoms with Crippen LogP contribution in [-0.4, -0.2) is 65.1 Å². The first-order chi connectivity index (χ1) is 13.0. The summed E-state index contributed by atoms with van der Waals surface area (Å²) in [5, 5.41) is 13.1. The van der Waals surface area contributed by atoms with Crippen molar-refractivity contribution in [3.63, 3.8) is 0 Å². The summed E-state index contributed by atoms with van der Waals surface area (Å²) >= 11 is 0. The van der Waals surface area contributed by atoms with Crippen LogP contribution in [0.5, 0.6) is 0 Å². The van der Waals surface area contributed by atoms with E-state index in [1.165, 1.54) is 6.26 Å². The number of nitrogens with one attached hydrogen (secondary N) is 2. The third-order valence-corrected chi connectivity index (χ3v) is 7.89. The lowest BCUT2D eigenvalue weighted by Crippen LogP contribution is -3.10. The fourth-order valence-corrected chi connectivity index (χ4v) is 5.47. The fourth-order valence-electron chi connectivity index (χ4n) is 5.05. The second kappa shape index (κ2) is 8.12. The first-order valence-electron chi connectivity index (χ1n) is 9.74. The summed E-state index contributed by atoms with van der Waals surface area (Å²) < 4.78 is 51.9. The van der Waals surface area contributed by atoms with Crippen LogP contribution >= 0.6 is 0 Å². The average Bonchev–Trinajstić information content (AvgIpc) is 3.06. The van der Waals surface area contributed by atoms with Crippen molar-refractivity contribution in [1.29, 1.82) is 0 Å². The second-order valence-corrected chi connectivity index (χ2v) is 10.1. The Labute approximate surface area is 164 Å². The summed E-state index contributed by atoms with van der Waals surface area (Å²) in [4.78, 5) is 25.9. The summed E-state index contributed by atoms with van der Waals surface area (Å²) in [7, 11) is 0.270. The molecule has 2 aliphatic carbocycles. The highest BCUT2D eigenvalue weighted by Crippen LogP contribution is 2.44. The molecule has 2 saturated carbocycles.